The van der Waals surface area contributed by atoms with Gasteiger partial charge in [-0.2, -0.15) is 0 Å². The van der Waals surface area contributed by atoms with E-state index in [4.69, 9.17) is 9.47 Å². The molecule has 2 aliphatic heterocycles. The Balaban J connectivity index is 1.87. The Kier molecular flexibility index (Phi) is 5.28. The number of aliphatic hydroxyl groups excluding tert-OH is 1. The second-order valence-electron chi connectivity index (χ2n) is 7.93. The van der Waals surface area contributed by atoms with E-state index in [-0.39, 0.29) is 42.1 Å². The third kappa shape index (κ3) is 3.64. The van der Waals surface area contributed by atoms with Crippen LogP contribution < -0.4 is 0 Å². The van der Waals surface area contributed by atoms with Gasteiger partial charge in [0, 0.05) is 25.0 Å². The summed E-state index contributed by atoms with van der Waals surface area (Å²) < 4.78 is 13.0. The SMILES string of the molecule is C[C@H]1CC[C@]2(O[C@@H]1c1cc(O)cc(O)c1)O[C@H](CCO)[C@@H](C)C[C@@H]2C. The van der Waals surface area contributed by atoms with Gasteiger partial charge in [-0.15, -0.1) is 0 Å². The van der Waals surface area contributed by atoms with Crippen molar-refractivity contribution in [2.45, 2.75) is 64.4 Å². The number of hydrogen-bond donors (Lipinski definition) is 3. The summed E-state index contributed by atoms with van der Waals surface area (Å²) in [6, 6.07) is 4.63. The lowest BCUT2D eigenvalue weighted by Gasteiger charge is -2.53. The number of aromatic hydroxyl groups is 2. The maximum atomic E-state index is 9.84. The van der Waals surface area contributed by atoms with Gasteiger partial charge >= 0.3 is 0 Å². The van der Waals surface area contributed by atoms with Crippen molar-refractivity contribution in [2.75, 3.05) is 6.61 Å². The van der Waals surface area contributed by atoms with E-state index < -0.39 is 5.79 Å². The van der Waals surface area contributed by atoms with Crippen molar-refractivity contribution in [3.63, 3.8) is 0 Å². The molecule has 1 spiro atoms. The number of phenols is 2. The molecule has 1 aromatic rings. The summed E-state index contributed by atoms with van der Waals surface area (Å²) in [5.41, 5.74) is 0.775. The molecule has 140 valence electrons. The molecule has 0 aliphatic carbocycles. The average molecular weight is 350 g/mol. The van der Waals surface area contributed by atoms with E-state index in [1.165, 1.54) is 6.07 Å². The van der Waals surface area contributed by atoms with E-state index in [1.54, 1.807) is 12.1 Å². The van der Waals surface area contributed by atoms with Crippen LogP contribution in [0, 0.1) is 17.8 Å². The molecule has 2 aliphatic rings. The number of aliphatic hydroxyl groups is 1. The van der Waals surface area contributed by atoms with Crippen LogP contribution in [0.2, 0.25) is 0 Å². The molecule has 0 bridgehead atoms. The zero-order valence-corrected chi connectivity index (χ0v) is 15.3. The summed E-state index contributed by atoms with van der Waals surface area (Å²) in [6.45, 7) is 6.57. The van der Waals surface area contributed by atoms with Gasteiger partial charge in [-0.05, 0) is 48.8 Å². The third-order valence-corrected chi connectivity index (χ3v) is 5.92. The van der Waals surface area contributed by atoms with Crippen molar-refractivity contribution < 1.29 is 24.8 Å². The predicted molar refractivity (Wildman–Crippen MR) is 94.2 cm³/mol. The fraction of sp³-hybridized carbons (Fsp3) is 0.700. The average Bonchev–Trinajstić information content (AvgIpc) is 2.54. The normalized spacial score (nSPS) is 38.8. The monoisotopic (exact) mass is 350 g/mol. The van der Waals surface area contributed by atoms with E-state index in [0.717, 1.165) is 24.8 Å². The summed E-state index contributed by atoms with van der Waals surface area (Å²) in [5.74, 6) is 0.310. The Bertz CT molecular complexity index is 583. The Hall–Kier alpha value is -1.30. The molecular formula is C20H30O5. The summed E-state index contributed by atoms with van der Waals surface area (Å²) in [5, 5.41) is 29.0. The number of rotatable bonds is 3. The molecular weight excluding hydrogens is 320 g/mol. The second-order valence-corrected chi connectivity index (χ2v) is 7.93. The number of phenolic OH excluding ortho intramolecular Hbond substituents is 2. The summed E-state index contributed by atoms with van der Waals surface area (Å²) in [7, 11) is 0. The molecule has 25 heavy (non-hydrogen) atoms. The van der Waals surface area contributed by atoms with Gasteiger partial charge in [0.1, 0.15) is 11.5 Å². The Morgan fingerprint density at radius 1 is 1.04 bits per heavy atom. The maximum Gasteiger partial charge on any atom is 0.172 e. The molecule has 0 amide bonds. The molecule has 6 atom stereocenters. The third-order valence-electron chi connectivity index (χ3n) is 5.92. The van der Waals surface area contributed by atoms with Crippen molar-refractivity contribution in [1.29, 1.82) is 0 Å². The van der Waals surface area contributed by atoms with Gasteiger partial charge in [0.25, 0.3) is 0 Å². The molecule has 0 unspecified atom stereocenters. The standard InChI is InChI=1S/C20H30O5/c1-12-4-6-20(14(3)8-13(2)18(24-20)5-7-21)25-19(12)15-9-16(22)11-17(23)10-15/h9-14,18-19,21-23H,4-8H2,1-3H3/t12-,13-,14-,18+,19-,20+/m0/s1. The molecule has 0 radical (unpaired) electrons. The van der Waals surface area contributed by atoms with Crippen LogP contribution in [0.3, 0.4) is 0 Å². The molecule has 5 nitrogen and oxygen atoms in total. The lowest BCUT2D eigenvalue weighted by atomic mass is 9.77. The largest absolute Gasteiger partial charge is 0.508 e. The summed E-state index contributed by atoms with van der Waals surface area (Å²) in [4.78, 5) is 0. The highest BCUT2D eigenvalue weighted by atomic mass is 16.7. The highest BCUT2D eigenvalue weighted by Gasteiger charge is 2.50. The van der Waals surface area contributed by atoms with Gasteiger partial charge in [0.2, 0.25) is 0 Å². The molecule has 5 heteroatoms. The molecule has 2 saturated heterocycles. The first-order valence-electron chi connectivity index (χ1n) is 9.34. The van der Waals surface area contributed by atoms with Gasteiger partial charge in [0.05, 0.1) is 12.2 Å². The maximum absolute atomic E-state index is 9.84. The van der Waals surface area contributed by atoms with Gasteiger partial charge < -0.3 is 24.8 Å². The van der Waals surface area contributed by atoms with E-state index >= 15 is 0 Å². The molecule has 1 aromatic carbocycles. The predicted octanol–water partition coefficient (Wildman–Crippen LogP) is 3.73. The second kappa shape index (κ2) is 7.14. The van der Waals surface area contributed by atoms with E-state index in [1.807, 2.05) is 0 Å². The van der Waals surface area contributed by atoms with Crippen LogP contribution in [0.5, 0.6) is 11.5 Å². The van der Waals surface area contributed by atoms with Crippen molar-refractivity contribution in [3.8, 4) is 11.5 Å². The lowest BCUT2D eigenvalue weighted by molar-refractivity contribution is -0.355. The van der Waals surface area contributed by atoms with Crippen molar-refractivity contribution in [3.05, 3.63) is 23.8 Å². The van der Waals surface area contributed by atoms with Crippen molar-refractivity contribution >= 4 is 0 Å². The van der Waals surface area contributed by atoms with Crippen LogP contribution in [0.15, 0.2) is 18.2 Å². The highest BCUT2D eigenvalue weighted by Crippen LogP contribution is 2.50. The topological polar surface area (TPSA) is 79.2 Å². The fourth-order valence-electron chi connectivity index (χ4n) is 4.45. The smallest absolute Gasteiger partial charge is 0.172 e. The molecule has 3 N–H and O–H groups in total. The summed E-state index contributed by atoms with van der Waals surface area (Å²) in [6.07, 6.45) is 3.14. The van der Waals surface area contributed by atoms with Crippen LogP contribution >= 0.6 is 0 Å². The van der Waals surface area contributed by atoms with Crippen LogP contribution in [0.1, 0.15) is 58.1 Å². The molecule has 0 saturated carbocycles. The minimum atomic E-state index is -0.662. The first-order chi connectivity index (χ1) is 11.8. The lowest BCUT2D eigenvalue weighted by Crippen LogP contribution is -2.54. The molecule has 2 heterocycles. The van der Waals surface area contributed by atoms with Crippen molar-refractivity contribution in [1.82, 2.24) is 0 Å². The van der Waals surface area contributed by atoms with E-state index in [0.29, 0.717) is 12.3 Å². The molecule has 3 rings (SSSR count). The Labute approximate surface area is 149 Å². The quantitative estimate of drug-likeness (QED) is 0.774. The van der Waals surface area contributed by atoms with E-state index in [2.05, 4.69) is 20.8 Å². The van der Waals surface area contributed by atoms with Crippen LogP contribution in [-0.2, 0) is 9.47 Å². The van der Waals surface area contributed by atoms with Gasteiger partial charge in [-0.1, -0.05) is 20.8 Å². The number of ether oxygens (including phenoxy) is 2. The zero-order valence-electron chi connectivity index (χ0n) is 15.3. The van der Waals surface area contributed by atoms with Crippen LogP contribution in [0.4, 0.5) is 0 Å². The highest BCUT2D eigenvalue weighted by molar-refractivity contribution is 5.38. The minimum Gasteiger partial charge on any atom is -0.508 e. The molecule has 0 aromatic heterocycles. The van der Waals surface area contributed by atoms with Crippen LogP contribution in [0.25, 0.3) is 0 Å². The first kappa shape index (κ1) is 18.5. The van der Waals surface area contributed by atoms with Crippen LogP contribution in [-0.4, -0.2) is 33.8 Å². The first-order valence-corrected chi connectivity index (χ1v) is 9.34. The van der Waals surface area contributed by atoms with Gasteiger partial charge in [-0.3, -0.25) is 0 Å². The van der Waals surface area contributed by atoms with Crippen molar-refractivity contribution in [2.24, 2.45) is 17.8 Å². The van der Waals surface area contributed by atoms with Gasteiger partial charge in [0.15, 0.2) is 5.79 Å². The van der Waals surface area contributed by atoms with Gasteiger partial charge in [-0.25, -0.2) is 0 Å². The Morgan fingerprint density at radius 3 is 2.36 bits per heavy atom. The number of benzene rings is 1. The Morgan fingerprint density at radius 2 is 1.72 bits per heavy atom. The minimum absolute atomic E-state index is 0.00663. The fourth-order valence-corrected chi connectivity index (χ4v) is 4.45. The number of hydrogen-bond acceptors (Lipinski definition) is 5. The zero-order chi connectivity index (χ0) is 18.2. The van der Waals surface area contributed by atoms with E-state index in [9.17, 15) is 15.3 Å². The molecule has 2 fully saturated rings. The summed E-state index contributed by atoms with van der Waals surface area (Å²) >= 11 is 0.